The first kappa shape index (κ1) is 21.6. The first-order chi connectivity index (χ1) is 10.8. The van der Waals surface area contributed by atoms with Gasteiger partial charge >= 0.3 is 0 Å². The monoisotopic (exact) mass is 360 g/mol. The molecule has 0 spiro atoms. The summed E-state index contributed by atoms with van der Waals surface area (Å²) in [7, 11) is 0. The van der Waals surface area contributed by atoms with Crippen LogP contribution in [-0.2, 0) is 14.2 Å². The molecule has 24 heavy (non-hydrogen) atoms. The summed E-state index contributed by atoms with van der Waals surface area (Å²) in [5.41, 5.74) is 0. The molecule has 10 N–H and O–H groups in total. The fourth-order valence-corrected chi connectivity index (χ4v) is 2.57. The summed E-state index contributed by atoms with van der Waals surface area (Å²) in [6, 6.07) is 0. The maximum absolute atomic E-state index is 9.94. The van der Waals surface area contributed by atoms with Gasteiger partial charge in [0.25, 0.3) is 0 Å². The van der Waals surface area contributed by atoms with Crippen LogP contribution in [0.4, 0.5) is 0 Å². The standard InChI is InChI=1S/C12H22O11.H2O/c13-1-3-5(15)6(16)9(19)12(22-3)23-10-4(2-14)21-11(20)8(18)7(10)17;/h3-20H,1-2H2;1H2/t3-,4-,5+,6+,7-,8-,9-,10-,11?,12+;/m0./s1. The van der Waals surface area contributed by atoms with Crippen molar-refractivity contribution in [3.63, 3.8) is 0 Å². The Morgan fingerprint density at radius 3 is 1.79 bits per heavy atom. The average Bonchev–Trinajstić information content (AvgIpc) is 2.55. The molecule has 2 heterocycles. The Balaban J connectivity index is 0.00000288. The van der Waals surface area contributed by atoms with Crippen molar-refractivity contribution in [1.82, 2.24) is 0 Å². The van der Waals surface area contributed by atoms with E-state index >= 15 is 0 Å². The minimum Gasteiger partial charge on any atom is -0.412 e. The molecule has 0 aromatic carbocycles. The van der Waals surface area contributed by atoms with Crippen molar-refractivity contribution in [2.24, 2.45) is 0 Å². The summed E-state index contributed by atoms with van der Waals surface area (Å²) >= 11 is 0. The number of ether oxygens (including phenoxy) is 3. The Kier molecular flexibility index (Phi) is 7.86. The van der Waals surface area contributed by atoms with E-state index in [9.17, 15) is 35.7 Å². The van der Waals surface area contributed by atoms with Gasteiger partial charge in [-0.2, -0.15) is 0 Å². The van der Waals surface area contributed by atoms with Crippen molar-refractivity contribution in [2.45, 2.75) is 61.4 Å². The Hall–Kier alpha value is -0.480. The van der Waals surface area contributed by atoms with Crippen molar-refractivity contribution >= 4 is 0 Å². The van der Waals surface area contributed by atoms with E-state index in [2.05, 4.69) is 0 Å². The molecule has 1 unspecified atom stereocenters. The molecule has 0 aromatic rings. The Bertz CT molecular complexity index is 379. The topological polar surface area (TPSA) is 221 Å². The molecule has 2 aliphatic rings. The average molecular weight is 360 g/mol. The SMILES string of the molecule is O.OC[C@@H]1O[C@H](O[C@@H]2[C@@H](O)[C@H](O)C(O)O[C@H]2CO)[C@@H](O)[C@H](O)[C@@H]1O. The van der Waals surface area contributed by atoms with Crippen LogP contribution in [0.15, 0.2) is 0 Å². The van der Waals surface area contributed by atoms with E-state index in [1.54, 1.807) is 0 Å². The summed E-state index contributed by atoms with van der Waals surface area (Å²) in [5.74, 6) is 0. The highest BCUT2D eigenvalue weighted by atomic mass is 16.7. The van der Waals surface area contributed by atoms with Crippen LogP contribution in [0.1, 0.15) is 0 Å². The lowest BCUT2D eigenvalue weighted by Crippen LogP contribution is -2.64. The van der Waals surface area contributed by atoms with Gasteiger partial charge in [-0.1, -0.05) is 0 Å². The van der Waals surface area contributed by atoms with Gasteiger partial charge in [0.05, 0.1) is 13.2 Å². The third-order valence-electron chi connectivity index (χ3n) is 3.98. The Labute approximate surface area is 136 Å². The van der Waals surface area contributed by atoms with Gasteiger partial charge in [0.15, 0.2) is 12.6 Å². The van der Waals surface area contributed by atoms with Crippen molar-refractivity contribution in [2.75, 3.05) is 13.2 Å². The smallest absolute Gasteiger partial charge is 0.187 e. The molecular formula is C12H24O12. The summed E-state index contributed by atoms with van der Waals surface area (Å²) in [4.78, 5) is 0. The van der Waals surface area contributed by atoms with Crippen molar-refractivity contribution in [3.05, 3.63) is 0 Å². The zero-order valence-corrected chi connectivity index (χ0v) is 12.5. The highest BCUT2D eigenvalue weighted by Crippen LogP contribution is 2.28. The van der Waals surface area contributed by atoms with E-state index in [-0.39, 0.29) is 5.48 Å². The molecular weight excluding hydrogens is 336 g/mol. The molecule has 2 aliphatic heterocycles. The first-order valence-electron chi connectivity index (χ1n) is 7.08. The number of rotatable bonds is 4. The van der Waals surface area contributed by atoms with Gasteiger partial charge in [0, 0.05) is 0 Å². The van der Waals surface area contributed by atoms with Gasteiger partial charge in [-0.25, -0.2) is 0 Å². The molecule has 0 saturated carbocycles. The quantitative estimate of drug-likeness (QED) is 0.235. The first-order valence-corrected chi connectivity index (χ1v) is 7.08. The number of aliphatic hydroxyl groups excluding tert-OH is 8. The maximum Gasteiger partial charge on any atom is 0.187 e. The van der Waals surface area contributed by atoms with Gasteiger partial charge in [0.1, 0.15) is 48.8 Å². The van der Waals surface area contributed by atoms with Crippen LogP contribution < -0.4 is 0 Å². The van der Waals surface area contributed by atoms with Crippen molar-refractivity contribution in [3.8, 4) is 0 Å². The van der Waals surface area contributed by atoms with E-state index in [0.29, 0.717) is 0 Å². The van der Waals surface area contributed by atoms with Gasteiger partial charge < -0.3 is 60.5 Å². The normalized spacial score (nSPS) is 49.5. The highest BCUT2D eigenvalue weighted by Gasteiger charge is 2.50. The fraction of sp³-hybridized carbons (Fsp3) is 1.00. The van der Waals surface area contributed by atoms with E-state index < -0.39 is 74.6 Å². The fourth-order valence-electron chi connectivity index (χ4n) is 2.57. The van der Waals surface area contributed by atoms with Gasteiger partial charge in [0.2, 0.25) is 0 Å². The van der Waals surface area contributed by atoms with E-state index in [1.165, 1.54) is 0 Å². The third-order valence-corrected chi connectivity index (χ3v) is 3.98. The summed E-state index contributed by atoms with van der Waals surface area (Å²) < 4.78 is 15.3. The molecule has 2 saturated heterocycles. The van der Waals surface area contributed by atoms with Gasteiger partial charge in [-0.3, -0.25) is 0 Å². The molecule has 0 aromatic heterocycles. The lowest BCUT2D eigenvalue weighted by molar-refractivity contribution is -0.355. The Morgan fingerprint density at radius 2 is 1.25 bits per heavy atom. The van der Waals surface area contributed by atoms with Crippen molar-refractivity contribution < 1.29 is 60.5 Å². The zero-order valence-electron chi connectivity index (χ0n) is 12.5. The third kappa shape index (κ3) is 4.01. The Morgan fingerprint density at radius 1 is 0.667 bits per heavy atom. The molecule has 12 heteroatoms. The van der Waals surface area contributed by atoms with Crippen LogP contribution in [0, 0.1) is 0 Å². The minimum atomic E-state index is -1.74. The molecule has 0 aliphatic carbocycles. The van der Waals surface area contributed by atoms with Gasteiger partial charge in [-0.15, -0.1) is 0 Å². The predicted octanol–water partition coefficient (Wildman–Crippen LogP) is -6.22. The summed E-state index contributed by atoms with van der Waals surface area (Å²) in [6.07, 6.45) is -15.6. The second-order valence-electron chi connectivity index (χ2n) is 5.53. The summed E-state index contributed by atoms with van der Waals surface area (Å²) in [5, 5.41) is 76.5. The number of hydrogen-bond donors (Lipinski definition) is 8. The second-order valence-corrected chi connectivity index (χ2v) is 5.53. The van der Waals surface area contributed by atoms with E-state index in [1.807, 2.05) is 0 Å². The van der Waals surface area contributed by atoms with E-state index in [0.717, 1.165) is 0 Å². The molecule has 2 fully saturated rings. The van der Waals surface area contributed by atoms with E-state index in [4.69, 9.17) is 19.3 Å². The maximum atomic E-state index is 9.94. The molecule has 0 bridgehead atoms. The van der Waals surface area contributed by atoms with Crippen LogP contribution in [-0.4, -0.2) is 121 Å². The largest absolute Gasteiger partial charge is 0.412 e. The van der Waals surface area contributed by atoms with Crippen LogP contribution in [0.2, 0.25) is 0 Å². The molecule has 0 radical (unpaired) electrons. The van der Waals surface area contributed by atoms with Crippen LogP contribution in [0.25, 0.3) is 0 Å². The number of aliphatic hydroxyl groups is 8. The van der Waals surface area contributed by atoms with Crippen LogP contribution >= 0.6 is 0 Å². The molecule has 144 valence electrons. The zero-order chi connectivity index (χ0) is 17.3. The van der Waals surface area contributed by atoms with Crippen LogP contribution in [0.3, 0.4) is 0 Å². The lowest BCUT2D eigenvalue weighted by Gasteiger charge is -2.45. The van der Waals surface area contributed by atoms with Gasteiger partial charge in [-0.05, 0) is 0 Å². The number of hydrogen-bond acceptors (Lipinski definition) is 11. The van der Waals surface area contributed by atoms with Crippen molar-refractivity contribution in [1.29, 1.82) is 0 Å². The highest BCUT2D eigenvalue weighted by molar-refractivity contribution is 4.93. The van der Waals surface area contributed by atoms with Crippen LogP contribution in [0.5, 0.6) is 0 Å². The predicted molar refractivity (Wildman–Crippen MR) is 72.2 cm³/mol. The molecule has 12 nitrogen and oxygen atoms in total. The minimum absolute atomic E-state index is 0. The molecule has 10 atom stereocenters. The summed E-state index contributed by atoms with van der Waals surface area (Å²) in [6.45, 7) is -1.35. The lowest BCUT2D eigenvalue weighted by atomic mass is 9.97. The second kappa shape index (κ2) is 8.75. The molecule has 2 rings (SSSR count). The molecule has 0 amide bonds.